The molecule has 0 unspecified atom stereocenters. The van der Waals surface area contributed by atoms with Crippen molar-refractivity contribution in [2.24, 2.45) is 0 Å². The predicted octanol–water partition coefficient (Wildman–Crippen LogP) is 2.48. The molecule has 1 heterocycles. The number of anilines is 1. The number of carboxylic acids is 1. The normalized spacial score (nSPS) is 12.3. The van der Waals surface area contributed by atoms with Crippen LogP contribution in [0.25, 0.3) is 10.4 Å². The Kier molecular flexibility index (Phi) is 7.56. The van der Waals surface area contributed by atoms with Gasteiger partial charge in [-0.05, 0) is 31.0 Å². The van der Waals surface area contributed by atoms with Gasteiger partial charge in [-0.25, -0.2) is 18.2 Å². The molecule has 9 nitrogen and oxygen atoms in total. The Morgan fingerprint density at radius 1 is 1.30 bits per heavy atom. The van der Waals surface area contributed by atoms with Crippen molar-refractivity contribution in [2.45, 2.75) is 37.6 Å². The molecule has 0 fully saturated rings. The molecule has 2 aromatic rings. The van der Waals surface area contributed by atoms with Crippen LogP contribution in [0, 0.1) is 6.92 Å². The maximum atomic E-state index is 12.2. The van der Waals surface area contributed by atoms with E-state index in [2.05, 4.69) is 15.6 Å². The van der Waals surface area contributed by atoms with Gasteiger partial charge in [0.1, 0.15) is 6.04 Å². The fourth-order valence-corrected chi connectivity index (χ4v) is 4.89. The molecule has 0 radical (unpaired) electrons. The number of thiazole rings is 1. The first-order chi connectivity index (χ1) is 13.9. The monoisotopic (exact) mass is 473 g/mol. The molecule has 162 valence electrons. The second kappa shape index (κ2) is 9.54. The number of hydrogen-bond donors (Lipinski definition) is 3. The van der Waals surface area contributed by atoms with E-state index < -0.39 is 33.7 Å². The van der Waals surface area contributed by atoms with E-state index in [1.54, 1.807) is 13.0 Å². The lowest BCUT2D eigenvalue weighted by Gasteiger charge is -2.12. The van der Waals surface area contributed by atoms with Crippen LogP contribution in [0.5, 0.6) is 0 Å². The lowest BCUT2D eigenvalue weighted by molar-refractivity contribution is -0.141. The van der Waals surface area contributed by atoms with Crippen molar-refractivity contribution >= 4 is 55.7 Å². The van der Waals surface area contributed by atoms with Gasteiger partial charge in [-0.1, -0.05) is 29.0 Å². The first kappa shape index (κ1) is 23.8. The van der Waals surface area contributed by atoms with E-state index in [1.807, 2.05) is 0 Å². The number of sulfone groups is 1. The van der Waals surface area contributed by atoms with E-state index in [1.165, 1.54) is 19.1 Å². The third-order valence-electron chi connectivity index (χ3n) is 3.97. The average molecular weight is 474 g/mol. The number of rotatable bonds is 8. The SMILES string of the molecule is CC(=O)N[C@@H](CCC(=O)Nc1nc(C)c(-c2ccc(Cl)c(S(C)(=O)=O)c2)s1)C(=O)O. The fourth-order valence-electron chi connectivity index (χ4n) is 2.61. The summed E-state index contributed by atoms with van der Waals surface area (Å²) in [5.41, 5.74) is 1.17. The number of halogens is 1. The zero-order valence-electron chi connectivity index (χ0n) is 16.4. The van der Waals surface area contributed by atoms with Crippen molar-refractivity contribution in [1.82, 2.24) is 10.3 Å². The predicted molar refractivity (Wildman–Crippen MR) is 114 cm³/mol. The van der Waals surface area contributed by atoms with Gasteiger partial charge in [0.25, 0.3) is 0 Å². The van der Waals surface area contributed by atoms with Gasteiger partial charge in [0.15, 0.2) is 15.0 Å². The summed E-state index contributed by atoms with van der Waals surface area (Å²) in [6, 6.07) is 3.44. The second-order valence-corrected chi connectivity index (χ2v) is 9.92. The molecule has 2 amide bonds. The molecular weight excluding hydrogens is 454 g/mol. The summed E-state index contributed by atoms with van der Waals surface area (Å²) in [5.74, 6) is -2.19. The van der Waals surface area contributed by atoms with E-state index in [0.29, 0.717) is 16.1 Å². The number of carbonyl (C=O) groups excluding carboxylic acids is 2. The van der Waals surface area contributed by atoms with Crippen molar-refractivity contribution in [1.29, 1.82) is 0 Å². The van der Waals surface area contributed by atoms with Gasteiger partial charge in [0, 0.05) is 19.6 Å². The van der Waals surface area contributed by atoms with E-state index in [9.17, 15) is 22.8 Å². The summed E-state index contributed by atoms with van der Waals surface area (Å²) < 4.78 is 23.8. The summed E-state index contributed by atoms with van der Waals surface area (Å²) in [6.45, 7) is 2.91. The highest BCUT2D eigenvalue weighted by atomic mass is 35.5. The molecule has 0 aliphatic heterocycles. The minimum Gasteiger partial charge on any atom is -0.480 e. The Hall–Kier alpha value is -2.50. The Morgan fingerprint density at radius 2 is 1.97 bits per heavy atom. The van der Waals surface area contributed by atoms with Crippen molar-refractivity contribution < 1.29 is 27.9 Å². The molecule has 0 saturated carbocycles. The zero-order valence-corrected chi connectivity index (χ0v) is 18.7. The maximum Gasteiger partial charge on any atom is 0.326 e. The standard InChI is InChI=1S/C18H20ClN3O6S2/c1-9-16(11-4-5-12(19)14(8-11)30(3,27)28)29-18(20-9)22-15(24)7-6-13(17(25)26)21-10(2)23/h4-5,8,13H,6-7H2,1-3H3,(H,21,23)(H,25,26)(H,20,22,24)/t13-/m0/s1. The van der Waals surface area contributed by atoms with Crippen molar-refractivity contribution in [2.75, 3.05) is 11.6 Å². The Bertz CT molecular complexity index is 1100. The maximum absolute atomic E-state index is 12.2. The summed E-state index contributed by atoms with van der Waals surface area (Å²) in [6.07, 6.45) is 0.853. The molecule has 12 heteroatoms. The van der Waals surface area contributed by atoms with Crippen molar-refractivity contribution in [3.05, 3.63) is 28.9 Å². The number of aryl methyl sites for hydroxylation is 1. The first-order valence-corrected chi connectivity index (χ1v) is 11.7. The lowest BCUT2D eigenvalue weighted by atomic mass is 10.1. The van der Waals surface area contributed by atoms with Crippen LogP contribution in [0.1, 0.15) is 25.5 Å². The van der Waals surface area contributed by atoms with E-state index in [0.717, 1.165) is 17.6 Å². The molecule has 2 rings (SSSR count). The highest BCUT2D eigenvalue weighted by molar-refractivity contribution is 7.90. The van der Waals surface area contributed by atoms with Crippen LogP contribution in [0.3, 0.4) is 0 Å². The van der Waals surface area contributed by atoms with Crippen LogP contribution in [-0.4, -0.2) is 48.6 Å². The molecular formula is C18H20ClN3O6S2. The number of hydrogen-bond acceptors (Lipinski definition) is 7. The Balaban J connectivity index is 2.14. The van der Waals surface area contributed by atoms with Crippen LogP contribution >= 0.6 is 22.9 Å². The molecule has 0 aliphatic carbocycles. The van der Waals surface area contributed by atoms with Crippen molar-refractivity contribution in [3.8, 4) is 10.4 Å². The lowest BCUT2D eigenvalue weighted by Crippen LogP contribution is -2.40. The van der Waals surface area contributed by atoms with E-state index in [-0.39, 0.29) is 27.9 Å². The molecule has 1 aromatic heterocycles. The largest absolute Gasteiger partial charge is 0.480 e. The highest BCUT2D eigenvalue weighted by Crippen LogP contribution is 2.35. The number of benzene rings is 1. The van der Waals surface area contributed by atoms with Crippen LogP contribution in [0.2, 0.25) is 5.02 Å². The summed E-state index contributed by atoms with van der Waals surface area (Å²) in [5, 5.41) is 14.3. The molecule has 1 atom stereocenters. The summed E-state index contributed by atoms with van der Waals surface area (Å²) in [7, 11) is -3.52. The van der Waals surface area contributed by atoms with Crippen LogP contribution in [0.15, 0.2) is 23.1 Å². The van der Waals surface area contributed by atoms with Gasteiger partial charge < -0.3 is 15.7 Å². The number of carboxylic acid groups (broad SMARTS) is 1. The zero-order chi connectivity index (χ0) is 22.6. The molecule has 30 heavy (non-hydrogen) atoms. The number of aromatic nitrogens is 1. The average Bonchev–Trinajstić information content (AvgIpc) is 2.97. The quantitative estimate of drug-likeness (QED) is 0.534. The minimum absolute atomic E-state index is 0.00210. The van der Waals surface area contributed by atoms with Crippen LogP contribution in [-0.2, 0) is 24.2 Å². The highest BCUT2D eigenvalue weighted by Gasteiger charge is 2.21. The first-order valence-electron chi connectivity index (χ1n) is 8.65. The summed E-state index contributed by atoms with van der Waals surface area (Å²) in [4.78, 5) is 39.3. The van der Waals surface area contributed by atoms with Crippen LogP contribution < -0.4 is 10.6 Å². The molecule has 0 saturated heterocycles. The van der Waals surface area contributed by atoms with Gasteiger partial charge in [0.2, 0.25) is 11.8 Å². The summed E-state index contributed by atoms with van der Waals surface area (Å²) >= 11 is 7.13. The fraction of sp³-hybridized carbons (Fsp3) is 0.333. The Labute approximate surface area is 182 Å². The second-order valence-electron chi connectivity index (χ2n) is 6.53. The number of aliphatic carboxylic acids is 1. The van der Waals surface area contributed by atoms with Crippen LogP contribution in [0.4, 0.5) is 5.13 Å². The third kappa shape index (κ3) is 6.25. The van der Waals surface area contributed by atoms with Gasteiger partial charge in [-0.15, -0.1) is 0 Å². The van der Waals surface area contributed by atoms with E-state index >= 15 is 0 Å². The number of amides is 2. The van der Waals surface area contributed by atoms with Gasteiger partial charge in [-0.3, -0.25) is 9.59 Å². The molecule has 1 aromatic carbocycles. The third-order valence-corrected chi connectivity index (χ3v) is 6.67. The molecule has 0 spiro atoms. The van der Waals surface area contributed by atoms with Gasteiger partial charge >= 0.3 is 5.97 Å². The van der Waals surface area contributed by atoms with Gasteiger partial charge in [-0.2, -0.15) is 0 Å². The minimum atomic E-state index is -3.52. The van der Waals surface area contributed by atoms with Crippen molar-refractivity contribution in [3.63, 3.8) is 0 Å². The molecule has 3 N–H and O–H groups in total. The number of nitrogens with one attached hydrogen (secondary N) is 2. The Morgan fingerprint density at radius 3 is 2.53 bits per heavy atom. The molecule has 0 bridgehead atoms. The topological polar surface area (TPSA) is 143 Å². The number of nitrogens with zero attached hydrogens (tertiary/aromatic N) is 1. The smallest absolute Gasteiger partial charge is 0.326 e. The number of carbonyl (C=O) groups is 3. The molecule has 0 aliphatic rings. The van der Waals surface area contributed by atoms with Gasteiger partial charge in [0.05, 0.1) is 20.5 Å². The van der Waals surface area contributed by atoms with E-state index in [4.69, 9.17) is 16.7 Å².